The van der Waals surface area contributed by atoms with E-state index < -0.39 is 12.1 Å². The van der Waals surface area contributed by atoms with E-state index in [9.17, 15) is 9.59 Å². The van der Waals surface area contributed by atoms with Gasteiger partial charge in [-0.05, 0) is 33.9 Å². The van der Waals surface area contributed by atoms with Crippen LogP contribution in [-0.4, -0.2) is 40.2 Å². The minimum Gasteiger partial charge on any atom is -0.481 e. The second kappa shape index (κ2) is 8.78. The Bertz CT molecular complexity index is 1010. The lowest BCUT2D eigenvalue weighted by molar-refractivity contribution is -0.137. The fourth-order valence-corrected chi connectivity index (χ4v) is 3.86. The SMILES string of the molecule is O=C(O)CCN(Cc1cccnc1)C(=O)OCC1c2ccccc2-c2ccccc21. The molecule has 152 valence electrons. The highest BCUT2D eigenvalue weighted by Crippen LogP contribution is 2.44. The van der Waals surface area contributed by atoms with Crippen molar-refractivity contribution >= 4 is 12.1 Å². The fraction of sp³-hybridized carbons (Fsp3) is 0.208. The zero-order chi connectivity index (χ0) is 20.9. The molecule has 4 rings (SSSR count). The summed E-state index contributed by atoms with van der Waals surface area (Å²) in [6, 6.07) is 19.9. The van der Waals surface area contributed by atoms with Crippen molar-refractivity contribution in [2.24, 2.45) is 0 Å². The van der Waals surface area contributed by atoms with Gasteiger partial charge in [0, 0.05) is 24.9 Å². The Morgan fingerprint density at radius 2 is 1.63 bits per heavy atom. The maximum Gasteiger partial charge on any atom is 0.410 e. The van der Waals surface area contributed by atoms with Crippen molar-refractivity contribution in [2.45, 2.75) is 18.9 Å². The number of carbonyl (C=O) groups excluding carboxylic acids is 1. The lowest BCUT2D eigenvalue weighted by Gasteiger charge is -2.23. The van der Waals surface area contributed by atoms with E-state index in [1.807, 2.05) is 30.3 Å². The number of carboxylic acid groups (broad SMARTS) is 1. The average Bonchev–Trinajstić information content (AvgIpc) is 3.09. The second-order valence-electron chi connectivity index (χ2n) is 7.23. The molecular weight excluding hydrogens is 380 g/mol. The first-order valence-corrected chi connectivity index (χ1v) is 9.84. The zero-order valence-electron chi connectivity index (χ0n) is 16.4. The van der Waals surface area contributed by atoms with Gasteiger partial charge in [0.05, 0.1) is 13.0 Å². The van der Waals surface area contributed by atoms with E-state index in [4.69, 9.17) is 9.84 Å². The molecule has 0 saturated carbocycles. The molecule has 3 aromatic rings. The summed E-state index contributed by atoms with van der Waals surface area (Å²) in [5.74, 6) is -1.00. The molecule has 0 radical (unpaired) electrons. The van der Waals surface area contributed by atoms with Crippen molar-refractivity contribution in [3.63, 3.8) is 0 Å². The van der Waals surface area contributed by atoms with Crippen LogP contribution in [0.25, 0.3) is 11.1 Å². The number of carbonyl (C=O) groups is 2. The fourth-order valence-electron chi connectivity index (χ4n) is 3.86. The summed E-state index contributed by atoms with van der Waals surface area (Å²) in [7, 11) is 0. The molecule has 0 fully saturated rings. The molecule has 0 spiro atoms. The molecule has 1 aliphatic rings. The van der Waals surface area contributed by atoms with Crippen LogP contribution in [0.4, 0.5) is 4.79 Å². The Kier molecular flexibility index (Phi) is 5.75. The number of amides is 1. The first-order valence-electron chi connectivity index (χ1n) is 9.84. The van der Waals surface area contributed by atoms with Crippen molar-refractivity contribution in [3.8, 4) is 11.1 Å². The third-order valence-corrected chi connectivity index (χ3v) is 5.29. The summed E-state index contributed by atoms with van der Waals surface area (Å²) in [5, 5.41) is 9.04. The van der Waals surface area contributed by atoms with Gasteiger partial charge in [-0.2, -0.15) is 0 Å². The molecule has 2 aromatic carbocycles. The molecule has 1 aromatic heterocycles. The molecule has 1 heterocycles. The van der Waals surface area contributed by atoms with Crippen molar-refractivity contribution in [1.29, 1.82) is 0 Å². The Balaban J connectivity index is 1.49. The van der Waals surface area contributed by atoms with Crippen LogP contribution in [0.2, 0.25) is 0 Å². The number of rotatable bonds is 7. The summed E-state index contributed by atoms with van der Waals surface area (Å²) >= 11 is 0. The van der Waals surface area contributed by atoms with Crippen LogP contribution in [0.5, 0.6) is 0 Å². The van der Waals surface area contributed by atoms with Crippen molar-refractivity contribution < 1.29 is 19.4 Å². The Morgan fingerprint density at radius 1 is 0.967 bits per heavy atom. The first-order chi connectivity index (χ1) is 14.6. The van der Waals surface area contributed by atoms with Crippen molar-refractivity contribution in [1.82, 2.24) is 9.88 Å². The number of aromatic nitrogens is 1. The predicted molar refractivity (Wildman–Crippen MR) is 112 cm³/mol. The number of aliphatic carboxylic acids is 1. The average molecular weight is 402 g/mol. The third-order valence-electron chi connectivity index (χ3n) is 5.29. The van der Waals surface area contributed by atoms with Gasteiger partial charge in [0.1, 0.15) is 6.61 Å². The van der Waals surface area contributed by atoms with Crippen LogP contribution in [0.1, 0.15) is 29.0 Å². The number of hydrogen-bond acceptors (Lipinski definition) is 4. The van der Waals surface area contributed by atoms with Gasteiger partial charge in [-0.15, -0.1) is 0 Å². The van der Waals surface area contributed by atoms with Crippen LogP contribution < -0.4 is 0 Å². The largest absolute Gasteiger partial charge is 0.481 e. The maximum atomic E-state index is 12.8. The number of ether oxygens (including phenoxy) is 1. The summed E-state index contributed by atoms with van der Waals surface area (Å²) < 4.78 is 5.68. The van der Waals surface area contributed by atoms with E-state index in [-0.39, 0.29) is 32.0 Å². The Morgan fingerprint density at radius 3 is 2.23 bits per heavy atom. The van der Waals surface area contributed by atoms with Gasteiger partial charge in [-0.25, -0.2) is 4.79 Å². The second-order valence-corrected chi connectivity index (χ2v) is 7.23. The van der Waals surface area contributed by atoms with Crippen LogP contribution in [0.15, 0.2) is 73.1 Å². The normalized spacial score (nSPS) is 12.1. The predicted octanol–water partition coefficient (Wildman–Crippen LogP) is 4.31. The molecule has 0 saturated heterocycles. The molecular formula is C24H22N2O4. The van der Waals surface area contributed by atoms with Crippen molar-refractivity contribution in [3.05, 3.63) is 89.7 Å². The Labute approximate surface area is 174 Å². The van der Waals surface area contributed by atoms with Gasteiger partial charge in [-0.3, -0.25) is 9.78 Å². The standard InChI is InChI=1S/C24H22N2O4/c27-23(28)11-13-26(15-17-6-5-12-25-14-17)24(29)30-16-22-20-9-3-1-7-18(20)19-8-2-4-10-21(19)22/h1-10,12,14,22H,11,13,15-16H2,(H,27,28). The molecule has 6 heteroatoms. The summed E-state index contributed by atoms with van der Waals surface area (Å²) in [5.41, 5.74) is 5.41. The van der Waals surface area contributed by atoms with Crippen LogP contribution in [0.3, 0.4) is 0 Å². The highest BCUT2D eigenvalue weighted by molar-refractivity contribution is 5.79. The summed E-state index contributed by atoms with van der Waals surface area (Å²) in [4.78, 5) is 29.3. The van der Waals surface area contributed by atoms with Crippen LogP contribution in [-0.2, 0) is 16.1 Å². The molecule has 1 aliphatic carbocycles. The molecule has 30 heavy (non-hydrogen) atoms. The smallest absolute Gasteiger partial charge is 0.410 e. The van der Waals surface area contributed by atoms with E-state index >= 15 is 0 Å². The Hall–Kier alpha value is -3.67. The van der Waals surface area contributed by atoms with Gasteiger partial charge in [-0.1, -0.05) is 54.6 Å². The van der Waals surface area contributed by atoms with E-state index in [1.54, 1.807) is 18.5 Å². The number of carboxylic acids is 1. The maximum absolute atomic E-state index is 12.8. The molecule has 6 nitrogen and oxygen atoms in total. The molecule has 1 amide bonds. The minimum absolute atomic E-state index is 0.0407. The molecule has 0 atom stereocenters. The molecule has 0 bridgehead atoms. The monoisotopic (exact) mass is 402 g/mol. The number of hydrogen-bond donors (Lipinski definition) is 1. The highest BCUT2D eigenvalue weighted by atomic mass is 16.6. The summed E-state index contributed by atoms with van der Waals surface area (Å²) in [6.45, 7) is 0.516. The molecule has 1 N–H and O–H groups in total. The minimum atomic E-state index is -0.961. The van der Waals surface area contributed by atoms with Crippen LogP contribution >= 0.6 is 0 Å². The van der Waals surface area contributed by atoms with Gasteiger partial charge >= 0.3 is 12.1 Å². The van der Waals surface area contributed by atoms with Gasteiger partial charge in [0.25, 0.3) is 0 Å². The molecule has 0 aliphatic heterocycles. The van der Waals surface area contributed by atoms with Gasteiger partial charge in [0.2, 0.25) is 0 Å². The topological polar surface area (TPSA) is 79.7 Å². The third kappa shape index (κ3) is 4.17. The number of fused-ring (bicyclic) bond motifs is 3. The highest BCUT2D eigenvalue weighted by Gasteiger charge is 2.29. The van der Waals surface area contributed by atoms with Gasteiger partial charge < -0.3 is 14.7 Å². The van der Waals surface area contributed by atoms with Gasteiger partial charge in [0.15, 0.2) is 0 Å². The number of pyridine rings is 1. The van der Waals surface area contributed by atoms with E-state index in [2.05, 4.69) is 29.2 Å². The number of nitrogens with zero attached hydrogens (tertiary/aromatic N) is 2. The van der Waals surface area contributed by atoms with E-state index in [0.29, 0.717) is 0 Å². The lowest BCUT2D eigenvalue weighted by Crippen LogP contribution is -2.34. The summed E-state index contributed by atoms with van der Waals surface area (Å²) in [6.07, 6.45) is 2.63. The molecule has 0 unspecified atom stereocenters. The van der Waals surface area contributed by atoms with Crippen LogP contribution in [0, 0.1) is 0 Å². The quantitative estimate of drug-likeness (QED) is 0.637. The van der Waals surface area contributed by atoms with E-state index in [1.165, 1.54) is 4.90 Å². The zero-order valence-corrected chi connectivity index (χ0v) is 16.4. The van der Waals surface area contributed by atoms with E-state index in [0.717, 1.165) is 27.8 Å². The lowest BCUT2D eigenvalue weighted by atomic mass is 9.98. The number of benzene rings is 2. The first kappa shape index (κ1) is 19.6. The van der Waals surface area contributed by atoms with Crippen molar-refractivity contribution in [2.75, 3.05) is 13.2 Å².